The summed E-state index contributed by atoms with van der Waals surface area (Å²) in [5.41, 5.74) is 0. The van der Waals surface area contributed by atoms with Crippen LogP contribution in [0.5, 0.6) is 0 Å². The van der Waals surface area contributed by atoms with E-state index in [1.54, 1.807) is 0 Å². The number of rotatable bonds is 0. The van der Waals surface area contributed by atoms with Gasteiger partial charge in [-0.25, -0.2) is 0 Å². The zero-order chi connectivity index (χ0) is 4.50. The second kappa shape index (κ2) is 29.3. The van der Waals surface area contributed by atoms with E-state index in [0.717, 1.165) is 0 Å². The smallest absolute Gasteiger partial charge is 0.822 e. The summed E-state index contributed by atoms with van der Waals surface area (Å²) in [6.45, 7) is 0. The van der Waals surface area contributed by atoms with Crippen molar-refractivity contribution in [2.45, 2.75) is 0 Å². The van der Waals surface area contributed by atoms with Gasteiger partial charge in [0.05, 0.1) is 0 Å². The van der Waals surface area contributed by atoms with Crippen LogP contribution in [0.15, 0.2) is 0 Å². The Hall–Kier alpha value is 1.79. The SMILES string of the molecule is O.O.O.O.O.O=P([O-])([O-])[O-].[Na+].[Zr+4]. The standard InChI is InChI=1S/Na.H3O4P.5H2O.Zr/c;1-5(2,3)4;;;;;;/h;(H3,1,2,3,4);5*1H2;/q+1;;;;;;;+4/p-3. The fraction of sp³-hybridized carbons (Fsp3) is 0. The molecule has 0 aromatic heterocycles. The Morgan fingerprint density at radius 1 is 0.750 bits per heavy atom. The minimum Gasteiger partial charge on any atom is -0.822 e. The molecule has 9 nitrogen and oxygen atoms in total. The largest absolute Gasteiger partial charge is 4.00 e. The van der Waals surface area contributed by atoms with Gasteiger partial charge in [0.2, 0.25) is 0 Å². The Morgan fingerprint density at radius 3 is 0.750 bits per heavy atom. The molecule has 0 atom stereocenters. The van der Waals surface area contributed by atoms with E-state index in [1.165, 1.54) is 0 Å². The molecule has 0 aromatic carbocycles. The molecule has 0 bridgehead atoms. The Balaban J connectivity index is -0.00000000381. The molecular formula is H10NaO9PZr+2. The Bertz CT molecular complexity index is 60.7. The van der Waals surface area contributed by atoms with E-state index >= 15 is 0 Å². The molecule has 0 rings (SSSR count). The van der Waals surface area contributed by atoms with Gasteiger partial charge in [-0.3, -0.25) is 0 Å². The van der Waals surface area contributed by atoms with Crippen molar-refractivity contribution in [2.24, 2.45) is 0 Å². The molecule has 0 amide bonds. The maximum absolute atomic E-state index is 8.55. The summed E-state index contributed by atoms with van der Waals surface area (Å²) in [4.78, 5) is 25.6. The Kier molecular flexibility index (Phi) is 164. The van der Waals surface area contributed by atoms with Crippen LogP contribution < -0.4 is 44.2 Å². The van der Waals surface area contributed by atoms with Gasteiger partial charge in [0.15, 0.2) is 0 Å². The zero-order valence-electron chi connectivity index (χ0n) is 6.08. The summed E-state index contributed by atoms with van der Waals surface area (Å²) in [5, 5.41) is 0. The van der Waals surface area contributed by atoms with Crippen molar-refractivity contribution in [3.8, 4) is 0 Å². The molecule has 0 aliphatic rings. The normalized spacial score (nSPS) is 4.92. The molecule has 0 heterocycles. The van der Waals surface area contributed by atoms with Crippen LogP contribution in [0.2, 0.25) is 0 Å². The molecule has 10 N–H and O–H groups in total. The van der Waals surface area contributed by atoms with Gasteiger partial charge in [0.1, 0.15) is 0 Å². The topological polar surface area (TPSA) is 244 Å². The monoisotopic (exact) mass is 298 g/mol. The van der Waals surface area contributed by atoms with Gasteiger partial charge < -0.3 is 46.6 Å². The first-order valence-corrected chi connectivity index (χ1v) is 2.19. The molecule has 0 radical (unpaired) electrons. The predicted octanol–water partition coefficient (Wildman–Crippen LogP) is -9.95. The molecule has 0 aliphatic carbocycles. The first-order valence-electron chi connectivity index (χ1n) is 0.730. The van der Waals surface area contributed by atoms with Gasteiger partial charge >= 0.3 is 55.8 Å². The van der Waals surface area contributed by atoms with Gasteiger partial charge in [0, 0.05) is 0 Å². The van der Waals surface area contributed by atoms with Crippen LogP contribution in [0.4, 0.5) is 0 Å². The molecule has 72 valence electrons. The third-order valence-corrected chi connectivity index (χ3v) is 0. The van der Waals surface area contributed by atoms with Crippen LogP contribution in [-0.2, 0) is 30.8 Å². The number of phosphoric acid groups is 1. The zero-order valence-corrected chi connectivity index (χ0v) is 11.4. The van der Waals surface area contributed by atoms with Crippen molar-refractivity contribution in [1.29, 1.82) is 0 Å². The van der Waals surface area contributed by atoms with Crippen LogP contribution in [0.25, 0.3) is 0 Å². The van der Waals surface area contributed by atoms with E-state index < -0.39 is 7.82 Å². The molecular weight excluding hydrogens is 289 g/mol. The fourth-order valence-electron chi connectivity index (χ4n) is 0. The summed E-state index contributed by atoms with van der Waals surface area (Å²) in [7, 11) is -5.39. The van der Waals surface area contributed by atoms with Crippen molar-refractivity contribution in [1.82, 2.24) is 0 Å². The number of hydrogen-bond acceptors (Lipinski definition) is 4. The quantitative estimate of drug-likeness (QED) is 0.312. The van der Waals surface area contributed by atoms with Crippen molar-refractivity contribution < 1.29 is 102 Å². The van der Waals surface area contributed by atoms with E-state index in [9.17, 15) is 0 Å². The number of hydrogen-bond donors (Lipinski definition) is 0. The van der Waals surface area contributed by atoms with Gasteiger partial charge in [-0.05, 0) is 0 Å². The van der Waals surface area contributed by atoms with Gasteiger partial charge in [-0.1, -0.05) is 0 Å². The average Bonchev–Trinajstić information content (AvgIpc) is 0.722. The predicted molar refractivity (Wildman–Crippen MR) is 25.7 cm³/mol. The minimum absolute atomic E-state index is 0. The Morgan fingerprint density at radius 2 is 0.750 bits per heavy atom. The van der Waals surface area contributed by atoms with Gasteiger partial charge in [-0.15, -0.1) is 0 Å². The van der Waals surface area contributed by atoms with E-state index in [4.69, 9.17) is 19.2 Å². The maximum atomic E-state index is 8.55. The molecule has 12 heteroatoms. The van der Waals surface area contributed by atoms with Crippen molar-refractivity contribution in [3.05, 3.63) is 0 Å². The maximum Gasteiger partial charge on any atom is 4.00 e. The van der Waals surface area contributed by atoms with Gasteiger partial charge in [0.25, 0.3) is 0 Å². The molecule has 0 aromatic rings. The second-order valence-corrected chi connectivity index (χ2v) is 1.34. The van der Waals surface area contributed by atoms with E-state index in [-0.39, 0.29) is 83.1 Å². The third-order valence-electron chi connectivity index (χ3n) is 0. The van der Waals surface area contributed by atoms with Crippen LogP contribution in [0.1, 0.15) is 0 Å². The van der Waals surface area contributed by atoms with Crippen LogP contribution >= 0.6 is 7.82 Å². The minimum atomic E-state index is -5.39. The van der Waals surface area contributed by atoms with Crippen LogP contribution in [0, 0.1) is 0 Å². The first kappa shape index (κ1) is 67.3. The Labute approximate surface area is 109 Å². The fourth-order valence-corrected chi connectivity index (χ4v) is 0. The van der Waals surface area contributed by atoms with Crippen molar-refractivity contribution >= 4 is 7.82 Å². The second-order valence-electron chi connectivity index (χ2n) is 0.447. The van der Waals surface area contributed by atoms with E-state index in [1.807, 2.05) is 0 Å². The van der Waals surface area contributed by atoms with E-state index in [0.29, 0.717) is 0 Å². The molecule has 0 fully saturated rings. The first-order chi connectivity index (χ1) is 2.00. The molecule has 12 heavy (non-hydrogen) atoms. The van der Waals surface area contributed by atoms with Crippen molar-refractivity contribution in [2.75, 3.05) is 0 Å². The summed E-state index contributed by atoms with van der Waals surface area (Å²) >= 11 is 0. The van der Waals surface area contributed by atoms with Crippen LogP contribution in [0.3, 0.4) is 0 Å². The average molecular weight is 299 g/mol. The molecule has 0 aliphatic heterocycles. The van der Waals surface area contributed by atoms with Crippen molar-refractivity contribution in [3.63, 3.8) is 0 Å². The molecule has 0 saturated heterocycles. The third kappa shape index (κ3) is 427. The summed E-state index contributed by atoms with van der Waals surface area (Å²) in [6.07, 6.45) is 0. The van der Waals surface area contributed by atoms with Crippen LogP contribution in [-0.4, -0.2) is 27.4 Å². The molecule has 0 unspecified atom stereocenters. The summed E-state index contributed by atoms with van der Waals surface area (Å²) in [5.74, 6) is 0. The summed E-state index contributed by atoms with van der Waals surface area (Å²) < 4.78 is 8.55. The molecule has 0 spiro atoms. The van der Waals surface area contributed by atoms with E-state index in [2.05, 4.69) is 0 Å². The molecule has 0 saturated carbocycles. The van der Waals surface area contributed by atoms with Gasteiger partial charge in [-0.2, -0.15) is 7.82 Å². The summed E-state index contributed by atoms with van der Waals surface area (Å²) in [6, 6.07) is 0.